The van der Waals surface area contributed by atoms with Crippen LogP contribution in [0.15, 0.2) is 54.9 Å². The molecule has 0 saturated heterocycles. The second-order valence-corrected chi connectivity index (χ2v) is 9.79. The van der Waals surface area contributed by atoms with Crippen molar-refractivity contribution in [2.45, 2.75) is 64.2 Å². The first-order valence-corrected chi connectivity index (χ1v) is 12.7. The van der Waals surface area contributed by atoms with Gasteiger partial charge < -0.3 is 25.7 Å². The number of aromatic nitrogens is 4. The fraction of sp³-hybridized carbons (Fsp3) is 0.393. The molecule has 0 aliphatic heterocycles. The van der Waals surface area contributed by atoms with E-state index in [1.807, 2.05) is 24.5 Å². The molecule has 0 unspecified atom stereocenters. The van der Waals surface area contributed by atoms with Gasteiger partial charge in [0.05, 0.1) is 13.4 Å². The van der Waals surface area contributed by atoms with Gasteiger partial charge in [-0.1, -0.05) is 49.2 Å². The van der Waals surface area contributed by atoms with E-state index in [2.05, 4.69) is 64.4 Å². The second-order valence-electron chi connectivity index (χ2n) is 9.79. The first-order chi connectivity index (χ1) is 17.5. The number of anilines is 2. The van der Waals surface area contributed by atoms with E-state index in [0.717, 1.165) is 65.1 Å². The molecule has 0 bridgehead atoms. The summed E-state index contributed by atoms with van der Waals surface area (Å²) in [7, 11) is 1.69. The molecule has 1 aliphatic rings. The molecule has 0 spiro atoms. The van der Waals surface area contributed by atoms with Gasteiger partial charge in [-0.05, 0) is 55.5 Å². The minimum absolute atomic E-state index is 0. The Morgan fingerprint density at radius 2 is 1.78 bits per heavy atom. The molecule has 191 valence electrons. The average molecular weight is 712 g/mol. The number of hydrogen-bond acceptors (Lipinski definition) is 6. The summed E-state index contributed by atoms with van der Waals surface area (Å²) in [5.74, 6) is 2.20. The van der Waals surface area contributed by atoms with E-state index in [1.165, 1.54) is 0 Å². The molecule has 1 aliphatic carbocycles. The predicted octanol–water partition coefficient (Wildman–Crippen LogP) is 6.47. The number of hydrogen-bond donors (Lipinski definition) is 2. The molecule has 5 rings (SSSR count). The van der Waals surface area contributed by atoms with Gasteiger partial charge in [0.15, 0.2) is 17.0 Å². The SMILES string of the molecule is COc1cccc(-c2ccc(CNc3nc(NC4CCC([NH-])CC4)nc4c3ncn4C(C)C)cc2)c1.[Ac]. The molecule has 1 radical (unpaired) electrons. The van der Waals surface area contributed by atoms with Crippen LogP contribution in [0.2, 0.25) is 0 Å². The number of nitrogens with one attached hydrogen (secondary N) is 3. The Hall–Kier alpha value is -2.21. The van der Waals surface area contributed by atoms with Crippen molar-refractivity contribution in [1.82, 2.24) is 19.5 Å². The summed E-state index contributed by atoms with van der Waals surface area (Å²) >= 11 is 0. The number of rotatable bonds is 8. The number of fused-ring (bicyclic) bond motifs is 1. The van der Waals surface area contributed by atoms with Gasteiger partial charge in [0.1, 0.15) is 5.75 Å². The van der Waals surface area contributed by atoms with E-state index < -0.39 is 0 Å². The first kappa shape index (κ1) is 27.8. The van der Waals surface area contributed by atoms with E-state index in [9.17, 15) is 0 Å². The van der Waals surface area contributed by atoms with Crippen molar-refractivity contribution in [3.05, 3.63) is 66.2 Å². The number of imidazole rings is 1. The quantitative estimate of drug-likeness (QED) is 0.218. The van der Waals surface area contributed by atoms with Crippen molar-refractivity contribution in [2.24, 2.45) is 0 Å². The fourth-order valence-electron chi connectivity index (χ4n) is 4.71. The molecule has 4 aromatic rings. The molecule has 0 amide bonds. The largest absolute Gasteiger partial charge is 0.675 e. The summed E-state index contributed by atoms with van der Waals surface area (Å²) in [6.45, 7) is 4.88. The summed E-state index contributed by atoms with van der Waals surface area (Å²) in [6, 6.07) is 17.2. The fourth-order valence-corrected chi connectivity index (χ4v) is 4.71. The van der Waals surface area contributed by atoms with Crippen LogP contribution in [-0.2, 0) is 6.54 Å². The Morgan fingerprint density at radius 1 is 1.03 bits per heavy atom. The van der Waals surface area contributed by atoms with Crippen molar-refractivity contribution in [3.8, 4) is 16.9 Å². The van der Waals surface area contributed by atoms with Crippen LogP contribution in [0.4, 0.5) is 11.8 Å². The van der Waals surface area contributed by atoms with Crippen molar-refractivity contribution in [2.75, 3.05) is 17.7 Å². The summed E-state index contributed by atoms with van der Waals surface area (Å²) in [5, 5.41) is 7.03. The molecule has 37 heavy (non-hydrogen) atoms. The third kappa shape index (κ3) is 6.63. The molecule has 2 heterocycles. The van der Waals surface area contributed by atoms with Crippen LogP contribution in [-0.4, -0.2) is 38.7 Å². The number of nitrogens with zero attached hydrogens (tertiary/aromatic N) is 4. The third-order valence-corrected chi connectivity index (χ3v) is 6.86. The molecule has 9 heteroatoms. The maximum absolute atomic E-state index is 7.97. The third-order valence-electron chi connectivity index (χ3n) is 6.86. The van der Waals surface area contributed by atoms with Crippen LogP contribution in [0.25, 0.3) is 28.0 Å². The van der Waals surface area contributed by atoms with E-state index in [4.69, 9.17) is 20.4 Å². The van der Waals surface area contributed by atoms with Crippen LogP contribution in [0, 0.1) is 44.1 Å². The van der Waals surface area contributed by atoms with Crippen LogP contribution < -0.4 is 15.4 Å². The monoisotopic (exact) mass is 711 g/mol. The van der Waals surface area contributed by atoms with Crippen molar-refractivity contribution < 1.29 is 48.8 Å². The Morgan fingerprint density at radius 3 is 2.49 bits per heavy atom. The Bertz CT molecular complexity index is 1310. The smallest absolute Gasteiger partial charge is 0.227 e. The Kier molecular flexibility index (Phi) is 9.44. The normalized spacial score (nSPS) is 17.4. The van der Waals surface area contributed by atoms with Crippen molar-refractivity contribution in [1.29, 1.82) is 0 Å². The van der Waals surface area contributed by atoms with Gasteiger partial charge in [0.2, 0.25) is 5.95 Å². The summed E-state index contributed by atoms with van der Waals surface area (Å²) in [6.07, 6.45) is 5.62. The second kappa shape index (κ2) is 12.6. The zero-order valence-corrected chi connectivity index (χ0v) is 26.5. The molecule has 1 fully saturated rings. The van der Waals surface area contributed by atoms with Crippen molar-refractivity contribution >= 4 is 22.9 Å². The minimum atomic E-state index is 0. The van der Waals surface area contributed by atoms with Crippen LogP contribution in [0.3, 0.4) is 0 Å². The molecular formula is C28H34AcN7O-. The van der Waals surface area contributed by atoms with Crippen LogP contribution >= 0.6 is 0 Å². The Labute approximate surface area is 254 Å². The molecular weight excluding hydrogens is 677 g/mol. The zero-order valence-electron chi connectivity index (χ0n) is 21.7. The maximum atomic E-state index is 7.97. The molecule has 3 N–H and O–H groups in total. The summed E-state index contributed by atoms with van der Waals surface area (Å²) in [5.41, 5.74) is 13.0. The number of methoxy groups -OCH3 is 1. The van der Waals surface area contributed by atoms with E-state index in [0.29, 0.717) is 18.5 Å². The number of ether oxygens (including phenoxy) is 1. The van der Waals surface area contributed by atoms with E-state index in [-0.39, 0.29) is 56.1 Å². The van der Waals surface area contributed by atoms with Gasteiger partial charge in [0, 0.05) is 62.7 Å². The van der Waals surface area contributed by atoms with Gasteiger partial charge in [-0.3, -0.25) is 0 Å². The van der Waals surface area contributed by atoms with Crippen LogP contribution in [0.1, 0.15) is 51.1 Å². The van der Waals surface area contributed by atoms with Gasteiger partial charge in [-0.25, -0.2) is 4.98 Å². The summed E-state index contributed by atoms with van der Waals surface area (Å²) < 4.78 is 7.44. The first-order valence-electron chi connectivity index (χ1n) is 12.7. The predicted molar refractivity (Wildman–Crippen MR) is 145 cm³/mol. The maximum Gasteiger partial charge on any atom is 0.227 e. The average Bonchev–Trinajstić information content (AvgIpc) is 3.33. The van der Waals surface area contributed by atoms with Gasteiger partial charge in [0.25, 0.3) is 0 Å². The van der Waals surface area contributed by atoms with E-state index in [1.54, 1.807) is 7.11 Å². The van der Waals surface area contributed by atoms with Gasteiger partial charge in [-0.2, -0.15) is 9.97 Å². The standard InChI is InChI=1S/C28H34N7O.Ac/c1-18(2)35-17-31-25-26(33-28(34-27(25)35)32-23-13-11-22(29)12-14-23)30-16-19-7-9-20(10-8-19)21-5-4-6-24(15-21)36-3;/h4-10,15,17-18,22-23,29H,11-14,16H2,1-3H3,(H2,30,32,33,34);/q-1;. The molecule has 8 nitrogen and oxygen atoms in total. The molecule has 2 aromatic carbocycles. The van der Waals surface area contributed by atoms with E-state index >= 15 is 0 Å². The van der Waals surface area contributed by atoms with Crippen LogP contribution in [0.5, 0.6) is 5.75 Å². The molecule has 0 atom stereocenters. The summed E-state index contributed by atoms with van der Waals surface area (Å²) in [4.78, 5) is 14.3. The Balaban J connectivity index is 0.00000320. The molecule has 2 aromatic heterocycles. The van der Waals surface area contributed by atoms with Gasteiger partial charge in [-0.15, -0.1) is 6.04 Å². The topological polar surface area (TPSA) is 101 Å². The zero-order chi connectivity index (χ0) is 25.1. The minimum Gasteiger partial charge on any atom is -0.675 e. The van der Waals surface area contributed by atoms with Gasteiger partial charge >= 0.3 is 0 Å². The van der Waals surface area contributed by atoms with Crippen molar-refractivity contribution in [3.63, 3.8) is 0 Å². The number of benzene rings is 2. The molecule has 1 saturated carbocycles.